The maximum absolute atomic E-state index is 12.2. The van der Waals surface area contributed by atoms with Crippen molar-refractivity contribution in [1.82, 2.24) is 10.6 Å². The van der Waals surface area contributed by atoms with E-state index in [0.717, 1.165) is 37.2 Å². The molecule has 1 aromatic rings. The highest BCUT2D eigenvalue weighted by molar-refractivity contribution is 5.85. The van der Waals surface area contributed by atoms with Crippen LogP contribution in [-0.4, -0.2) is 24.6 Å². The van der Waals surface area contributed by atoms with Crippen LogP contribution in [0.1, 0.15) is 51.0 Å². The molecular weight excluding hydrogens is 324 g/mol. The van der Waals surface area contributed by atoms with E-state index < -0.39 is 0 Å². The summed E-state index contributed by atoms with van der Waals surface area (Å²) in [5, 5.41) is 6.69. The second-order valence-corrected chi connectivity index (χ2v) is 6.95. The highest BCUT2D eigenvalue weighted by Gasteiger charge is 2.34. The first kappa shape index (κ1) is 19.1. The van der Waals surface area contributed by atoms with Crippen LogP contribution in [0.2, 0.25) is 0 Å². The first-order valence-corrected chi connectivity index (χ1v) is 8.97. The molecule has 3 rings (SSSR count). The predicted octanol–water partition coefficient (Wildman–Crippen LogP) is 3.43. The summed E-state index contributed by atoms with van der Waals surface area (Å²) < 4.78 is 5.57. The molecule has 2 aliphatic heterocycles. The van der Waals surface area contributed by atoms with E-state index in [9.17, 15) is 4.79 Å². The molecule has 2 fully saturated rings. The van der Waals surface area contributed by atoms with Crippen LogP contribution in [0.25, 0.3) is 0 Å². The number of carbonyl (C=O) groups excluding carboxylic acids is 1. The summed E-state index contributed by atoms with van der Waals surface area (Å²) in [6.45, 7) is 3.44. The maximum Gasteiger partial charge on any atom is 0.220 e. The summed E-state index contributed by atoms with van der Waals surface area (Å²) in [6.07, 6.45) is 6.58. The van der Waals surface area contributed by atoms with E-state index in [1.54, 1.807) is 0 Å². The topological polar surface area (TPSA) is 50.4 Å². The number of benzene rings is 1. The normalized spacial score (nSPS) is 25.0. The van der Waals surface area contributed by atoms with E-state index in [1.807, 2.05) is 24.3 Å². The Balaban J connectivity index is 0.00000208. The van der Waals surface area contributed by atoms with Crippen LogP contribution in [0, 0.1) is 5.92 Å². The first-order chi connectivity index (χ1) is 11.2. The van der Waals surface area contributed by atoms with Gasteiger partial charge < -0.3 is 15.4 Å². The molecule has 2 bridgehead atoms. The molecule has 2 unspecified atom stereocenters. The number of ether oxygens (including phenoxy) is 1. The van der Waals surface area contributed by atoms with Crippen molar-refractivity contribution in [2.75, 3.05) is 6.61 Å². The van der Waals surface area contributed by atoms with Gasteiger partial charge in [-0.2, -0.15) is 0 Å². The third-order valence-electron chi connectivity index (χ3n) is 4.93. The Labute approximate surface area is 151 Å². The highest BCUT2D eigenvalue weighted by Crippen LogP contribution is 2.32. The SMILES string of the molecule is CCCOc1ccc(CNC(=O)CC2CC3CCC(C2)N3)cc1.Cl. The van der Waals surface area contributed by atoms with Gasteiger partial charge in [-0.05, 0) is 55.7 Å². The minimum absolute atomic E-state index is 0. The predicted molar refractivity (Wildman–Crippen MR) is 98.6 cm³/mol. The van der Waals surface area contributed by atoms with Crippen molar-refractivity contribution in [1.29, 1.82) is 0 Å². The average Bonchev–Trinajstić information content (AvgIpc) is 2.90. The molecule has 2 aliphatic rings. The second-order valence-electron chi connectivity index (χ2n) is 6.95. The van der Waals surface area contributed by atoms with Gasteiger partial charge in [-0.15, -0.1) is 12.4 Å². The third kappa shape index (κ3) is 5.38. The van der Waals surface area contributed by atoms with Crippen LogP contribution in [0.5, 0.6) is 5.75 Å². The Kier molecular flexibility index (Phi) is 7.38. The van der Waals surface area contributed by atoms with Crippen molar-refractivity contribution in [2.24, 2.45) is 5.92 Å². The molecule has 2 saturated heterocycles. The van der Waals surface area contributed by atoms with Crippen molar-refractivity contribution in [3.05, 3.63) is 29.8 Å². The van der Waals surface area contributed by atoms with E-state index in [2.05, 4.69) is 17.6 Å². The Hall–Kier alpha value is -1.26. The number of nitrogens with one attached hydrogen (secondary N) is 2. The monoisotopic (exact) mass is 352 g/mol. The average molecular weight is 353 g/mol. The number of hydrogen-bond acceptors (Lipinski definition) is 3. The van der Waals surface area contributed by atoms with Crippen molar-refractivity contribution in [2.45, 2.75) is 64.1 Å². The van der Waals surface area contributed by atoms with Gasteiger partial charge >= 0.3 is 0 Å². The molecule has 134 valence electrons. The van der Waals surface area contributed by atoms with Gasteiger partial charge in [0, 0.05) is 25.0 Å². The number of fused-ring (bicyclic) bond motifs is 2. The Morgan fingerprint density at radius 3 is 2.50 bits per heavy atom. The summed E-state index contributed by atoms with van der Waals surface area (Å²) in [5.74, 6) is 1.63. The molecule has 1 amide bonds. The lowest BCUT2D eigenvalue weighted by molar-refractivity contribution is -0.122. The van der Waals surface area contributed by atoms with Crippen LogP contribution in [0.3, 0.4) is 0 Å². The van der Waals surface area contributed by atoms with Crippen LogP contribution < -0.4 is 15.4 Å². The number of halogens is 1. The van der Waals surface area contributed by atoms with E-state index >= 15 is 0 Å². The zero-order valence-electron chi connectivity index (χ0n) is 14.4. The van der Waals surface area contributed by atoms with E-state index in [4.69, 9.17) is 4.74 Å². The molecule has 24 heavy (non-hydrogen) atoms. The van der Waals surface area contributed by atoms with Gasteiger partial charge in [-0.25, -0.2) is 0 Å². The molecule has 0 radical (unpaired) electrons. The minimum atomic E-state index is 0. The highest BCUT2D eigenvalue weighted by atomic mass is 35.5. The van der Waals surface area contributed by atoms with Gasteiger partial charge in [0.1, 0.15) is 5.75 Å². The summed E-state index contributed by atoms with van der Waals surface area (Å²) in [4.78, 5) is 12.2. The van der Waals surface area contributed by atoms with Crippen molar-refractivity contribution >= 4 is 18.3 Å². The Bertz CT molecular complexity index is 509. The van der Waals surface area contributed by atoms with Crippen LogP contribution in [0.4, 0.5) is 0 Å². The fraction of sp³-hybridized carbons (Fsp3) is 0.632. The van der Waals surface area contributed by atoms with E-state index in [1.165, 1.54) is 12.8 Å². The summed E-state index contributed by atoms with van der Waals surface area (Å²) in [7, 11) is 0. The number of amides is 1. The Morgan fingerprint density at radius 2 is 1.88 bits per heavy atom. The van der Waals surface area contributed by atoms with Crippen molar-refractivity contribution in [3.63, 3.8) is 0 Å². The molecule has 5 heteroatoms. The fourth-order valence-corrected chi connectivity index (χ4v) is 3.80. The van der Waals surface area contributed by atoms with Gasteiger partial charge in [0.2, 0.25) is 5.91 Å². The summed E-state index contributed by atoms with van der Waals surface area (Å²) >= 11 is 0. The maximum atomic E-state index is 12.2. The van der Waals surface area contributed by atoms with Crippen molar-refractivity contribution in [3.8, 4) is 5.75 Å². The number of hydrogen-bond donors (Lipinski definition) is 2. The number of carbonyl (C=O) groups is 1. The lowest BCUT2D eigenvalue weighted by atomic mass is 9.89. The molecule has 0 spiro atoms. The van der Waals surface area contributed by atoms with E-state index in [0.29, 0.717) is 31.0 Å². The van der Waals surface area contributed by atoms with Gasteiger partial charge in [0.25, 0.3) is 0 Å². The smallest absolute Gasteiger partial charge is 0.220 e. The van der Waals surface area contributed by atoms with Crippen molar-refractivity contribution < 1.29 is 9.53 Å². The second kappa shape index (κ2) is 9.28. The third-order valence-corrected chi connectivity index (χ3v) is 4.93. The van der Waals surface area contributed by atoms with Gasteiger partial charge in [0.05, 0.1) is 6.61 Å². The van der Waals surface area contributed by atoms with Crippen LogP contribution in [-0.2, 0) is 11.3 Å². The molecule has 0 aromatic heterocycles. The standard InChI is InChI=1S/C19H28N2O2.ClH/c1-2-9-23-18-7-3-14(4-8-18)13-20-19(22)12-15-10-16-5-6-17(11-15)21-16;/h3-4,7-8,15-17,21H,2,5-6,9-13H2,1H3,(H,20,22);1H. The quantitative estimate of drug-likeness (QED) is 0.790. The zero-order chi connectivity index (χ0) is 16.1. The van der Waals surface area contributed by atoms with Crippen LogP contribution >= 0.6 is 12.4 Å². The summed E-state index contributed by atoms with van der Waals surface area (Å²) in [6, 6.07) is 9.31. The largest absolute Gasteiger partial charge is 0.494 e. The van der Waals surface area contributed by atoms with E-state index in [-0.39, 0.29) is 18.3 Å². The molecule has 1 aromatic carbocycles. The molecule has 0 aliphatic carbocycles. The molecular formula is C19H29ClN2O2. The zero-order valence-corrected chi connectivity index (χ0v) is 15.2. The van der Waals surface area contributed by atoms with Gasteiger partial charge in [-0.1, -0.05) is 19.1 Å². The minimum Gasteiger partial charge on any atom is -0.494 e. The fourth-order valence-electron chi connectivity index (χ4n) is 3.80. The van der Waals surface area contributed by atoms with Gasteiger partial charge in [-0.3, -0.25) is 4.79 Å². The Morgan fingerprint density at radius 1 is 1.21 bits per heavy atom. The molecule has 4 nitrogen and oxygen atoms in total. The number of piperidine rings is 1. The lowest BCUT2D eigenvalue weighted by Crippen LogP contribution is -2.39. The number of rotatable bonds is 7. The first-order valence-electron chi connectivity index (χ1n) is 8.97. The molecule has 2 N–H and O–H groups in total. The molecule has 2 atom stereocenters. The lowest BCUT2D eigenvalue weighted by Gasteiger charge is -2.28. The summed E-state index contributed by atoms with van der Waals surface area (Å²) in [5.41, 5.74) is 1.12. The van der Waals surface area contributed by atoms with Gasteiger partial charge in [0.15, 0.2) is 0 Å². The molecule has 2 heterocycles. The molecule has 0 saturated carbocycles. The van der Waals surface area contributed by atoms with Crippen LogP contribution in [0.15, 0.2) is 24.3 Å².